The van der Waals surface area contributed by atoms with Crippen molar-refractivity contribution < 1.29 is 13.2 Å². The van der Waals surface area contributed by atoms with Crippen LogP contribution in [0.25, 0.3) is 0 Å². The first-order chi connectivity index (χ1) is 13.0. The summed E-state index contributed by atoms with van der Waals surface area (Å²) in [5, 5.41) is 3.78. The number of hydrogen-bond acceptors (Lipinski definition) is 5. The lowest BCUT2D eigenvalue weighted by Gasteiger charge is -2.09. The molecular formula is C20H15ClN2O3S. The molecule has 0 atom stereocenters. The molecule has 7 heteroatoms. The first-order valence-corrected chi connectivity index (χ1v) is 9.84. The standard InChI is InChI=1S/C20H15ClN2O3S/c21-16-13-11-15(12-14-16)19(24)20(23-22-17-7-3-1-4-8-17)27(25,26)18-9-5-2-6-10-18/h1-14,22H/b23-20+. The molecule has 5 nitrogen and oxygen atoms in total. The quantitative estimate of drug-likeness (QED) is 0.298. The number of hydrogen-bond donors (Lipinski definition) is 1. The van der Waals surface area contributed by atoms with E-state index < -0.39 is 20.7 Å². The molecule has 136 valence electrons. The number of ketones is 1. The number of halogens is 1. The molecule has 1 N–H and O–H groups in total. The largest absolute Gasteiger partial charge is 0.286 e. The van der Waals surface area contributed by atoms with Crippen LogP contribution in [0.3, 0.4) is 0 Å². The second-order valence-electron chi connectivity index (χ2n) is 5.55. The van der Waals surface area contributed by atoms with Crippen LogP contribution in [0.1, 0.15) is 10.4 Å². The van der Waals surface area contributed by atoms with Gasteiger partial charge in [0.1, 0.15) is 0 Å². The van der Waals surface area contributed by atoms with Crippen LogP contribution in [0.15, 0.2) is 94.9 Å². The highest BCUT2D eigenvalue weighted by atomic mass is 35.5. The van der Waals surface area contributed by atoms with Gasteiger partial charge in [0.25, 0.3) is 0 Å². The third kappa shape index (κ3) is 4.42. The van der Waals surface area contributed by atoms with E-state index in [1.54, 1.807) is 42.5 Å². The highest BCUT2D eigenvalue weighted by molar-refractivity contribution is 8.08. The number of anilines is 1. The molecule has 0 aliphatic carbocycles. The first kappa shape index (κ1) is 18.8. The highest BCUT2D eigenvalue weighted by Crippen LogP contribution is 2.18. The zero-order chi connectivity index (χ0) is 19.3. The molecule has 0 fully saturated rings. The lowest BCUT2D eigenvalue weighted by molar-refractivity contribution is 0.106. The van der Waals surface area contributed by atoms with Crippen LogP contribution in [0.2, 0.25) is 5.02 Å². The van der Waals surface area contributed by atoms with E-state index in [0.29, 0.717) is 10.7 Å². The maximum atomic E-state index is 13.0. The number of carbonyl (C=O) groups excluding carboxylic acids is 1. The van der Waals surface area contributed by atoms with Gasteiger partial charge in [0.05, 0.1) is 10.6 Å². The van der Waals surface area contributed by atoms with E-state index >= 15 is 0 Å². The van der Waals surface area contributed by atoms with E-state index in [9.17, 15) is 13.2 Å². The maximum absolute atomic E-state index is 13.0. The van der Waals surface area contributed by atoms with Crippen molar-refractivity contribution in [3.63, 3.8) is 0 Å². The highest BCUT2D eigenvalue weighted by Gasteiger charge is 2.30. The van der Waals surface area contributed by atoms with Gasteiger partial charge >= 0.3 is 0 Å². The predicted octanol–water partition coefficient (Wildman–Crippen LogP) is 4.42. The van der Waals surface area contributed by atoms with E-state index in [4.69, 9.17) is 11.6 Å². The Balaban J connectivity index is 2.06. The zero-order valence-corrected chi connectivity index (χ0v) is 15.6. The maximum Gasteiger partial charge on any atom is 0.229 e. The number of nitrogens with zero attached hydrogens (tertiary/aromatic N) is 1. The minimum Gasteiger partial charge on any atom is -0.286 e. The summed E-state index contributed by atoms with van der Waals surface area (Å²) >= 11 is 5.85. The fourth-order valence-electron chi connectivity index (χ4n) is 2.30. The molecule has 3 rings (SSSR count). The second-order valence-corrected chi connectivity index (χ2v) is 7.85. The smallest absolute Gasteiger partial charge is 0.229 e. The van der Waals surface area contributed by atoms with Gasteiger partial charge in [-0.05, 0) is 48.5 Å². The second kappa shape index (κ2) is 8.16. The minimum absolute atomic E-state index is 0.0130. The molecule has 0 spiro atoms. The molecule has 0 aliphatic rings. The molecule has 0 bridgehead atoms. The van der Waals surface area contributed by atoms with Gasteiger partial charge in [-0.15, -0.1) is 0 Å². The van der Waals surface area contributed by atoms with Gasteiger partial charge in [-0.2, -0.15) is 5.10 Å². The predicted molar refractivity (Wildman–Crippen MR) is 107 cm³/mol. The van der Waals surface area contributed by atoms with Crippen LogP contribution in [0.5, 0.6) is 0 Å². The van der Waals surface area contributed by atoms with Gasteiger partial charge < -0.3 is 0 Å². The minimum atomic E-state index is -4.12. The number of para-hydroxylation sites is 1. The van der Waals surface area contributed by atoms with Gasteiger partial charge in [0.2, 0.25) is 20.7 Å². The number of nitrogens with one attached hydrogen (secondary N) is 1. The number of Topliss-reactive ketones (excluding diaryl/α,β-unsaturated/α-hetero) is 1. The number of rotatable bonds is 5. The molecule has 0 radical (unpaired) electrons. The fraction of sp³-hybridized carbons (Fsp3) is 0. The number of hydrazone groups is 1. The Hall–Kier alpha value is -2.96. The van der Waals surface area contributed by atoms with Gasteiger partial charge in [-0.3, -0.25) is 10.2 Å². The Morgan fingerprint density at radius 3 is 1.96 bits per heavy atom. The molecule has 3 aromatic carbocycles. The van der Waals surface area contributed by atoms with Crippen LogP contribution < -0.4 is 5.43 Å². The van der Waals surface area contributed by atoms with Crippen LogP contribution in [-0.4, -0.2) is 19.2 Å². The molecule has 0 saturated carbocycles. The van der Waals surface area contributed by atoms with E-state index in [0.717, 1.165) is 0 Å². The summed E-state index contributed by atoms with van der Waals surface area (Å²) in [6.07, 6.45) is 0. The summed E-state index contributed by atoms with van der Waals surface area (Å²) in [5.74, 6) is -0.723. The van der Waals surface area contributed by atoms with Crippen LogP contribution in [0, 0.1) is 0 Å². The number of carbonyl (C=O) groups is 1. The lowest BCUT2D eigenvalue weighted by atomic mass is 10.1. The van der Waals surface area contributed by atoms with E-state index in [-0.39, 0.29) is 10.5 Å². The molecule has 0 amide bonds. The van der Waals surface area contributed by atoms with Crippen molar-refractivity contribution in [2.24, 2.45) is 5.10 Å². The molecule has 3 aromatic rings. The van der Waals surface area contributed by atoms with Gasteiger partial charge in [0, 0.05) is 10.6 Å². The number of sulfone groups is 1. The monoisotopic (exact) mass is 398 g/mol. The third-order valence-corrected chi connectivity index (χ3v) is 5.60. The lowest BCUT2D eigenvalue weighted by Crippen LogP contribution is -2.26. The van der Waals surface area contributed by atoms with Crippen molar-refractivity contribution in [2.75, 3.05) is 5.43 Å². The Morgan fingerprint density at radius 2 is 1.37 bits per heavy atom. The molecule has 27 heavy (non-hydrogen) atoms. The summed E-state index contributed by atoms with van der Waals surface area (Å²) in [5.41, 5.74) is 3.38. The van der Waals surface area contributed by atoms with Crippen LogP contribution in [-0.2, 0) is 9.84 Å². The molecular weight excluding hydrogens is 384 g/mol. The van der Waals surface area contributed by atoms with Crippen LogP contribution >= 0.6 is 11.6 Å². The van der Waals surface area contributed by atoms with Crippen LogP contribution in [0.4, 0.5) is 5.69 Å². The summed E-state index contributed by atoms with van der Waals surface area (Å²) in [6, 6.07) is 22.4. The Kier molecular flexibility index (Phi) is 5.69. The molecule has 0 aliphatic heterocycles. The Bertz CT molecular complexity index is 1070. The van der Waals surface area contributed by atoms with E-state index in [1.807, 2.05) is 6.07 Å². The average molecular weight is 399 g/mol. The first-order valence-electron chi connectivity index (χ1n) is 7.97. The van der Waals surface area contributed by atoms with E-state index in [2.05, 4.69) is 10.5 Å². The summed E-state index contributed by atoms with van der Waals surface area (Å²) in [4.78, 5) is 12.9. The summed E-state index contributed by atoms with van der Waals surface area (Å²) < 4.78 is 26.0. The van der Waals surface area contributed by atoms with Crippen molar-refractivity contribution in [3.8, 4) is 0 Å². The molecule has 0 saturated heterocycles. The molecule has 0 aromatic heterocycles. The summed E-state index contributed by atoms with van der Waals surface area (Å²) in [7, 11) is -4.12. The number of benzene rings is 3. The van der Waals surface area contributed by atoms with E-state index in [1.165, 1.54) is 36.4 Å². The zero-order valence-electron chi connectivity index (χ0n) is 14.0. The SMILES string of the molecule is O=C(/C(=N\Nc1ccccc1)S(=O)(=O)c1ccccc1)c1ccc(Cl)cc1. The fourth-order valence-corrected chi connectivity index (χ4v) is 3.69. The third-order valence-electron chi connectivity index (χ3n) is 3.67. The molecule has 0 unspecified atom stereocenters. The topological polar surface area (TPSA) is 75.6 Å². The van der Waals surface area contributed by atoms with Crippen molar-refractivity contribution in [1.29, 1.82) is 0 Å². The van der Waals surface area contributed by atoms with Crippen molar-refractivity contribution in [3.05, 3.63) is 95.5 Å². The van der Waals surface area contributed by atoms with Gasteiger partial charge in [-0.25, -0.2) is 8.42 Å². The van der Waals surface area contributed by atoms with Crippen molar-refractivity contribution in [1.82, 2.24) is 0 Å². The summed E-state index contributed by atoms with van der Waals surface area (Å²) in [6.45, 7) is 0. The van der Waals surface area contributed by atoms with Gasteiger partial charge in [-0.1, -0.05) is 48.0 Å². The molecule has 0 heterocycles. The Morgan fingerprint density at radius 1 is 0.815 bits per heavy atom. The van der Waals surface area contributed by atoms with Gasteiger partial charge in [0.15, 0.2) is 0 Å². The normalized spacial score (nSPS) is 11.8. The van der Waals surface area contributed by atoms with Crippen molar-refractivity contribution >= 4 is 38.0 Å². The average Bonchev–Trinajstić information content (AvgIpc) is 2.70. The van der Waals surface area contributed by atoms with Crippen molar-refractivity contribution in [2.45, 2.75) is 4.90 Å². The Labute approximate surface area is 162 Å².